The predicted octanol–water partition coefficient (Wildman–Crippen LogP) is 3.72. The van der Waals surface area contributed by atoms with Crippen LogP contribution in [0.5, 0.6) is 0 Å². The highest BCUT2D eigenvalue weighted by molar-refractivity contribution is 7.89. The second-order valence-electron chi connectivity index (χ2n) is 7.38. The number of rotatable bonds is 6. The summed E-state index contributed by atoms with van der Waals surface area (Å²) in [6, 6.07) is 10.8. The molecule has 1 fully saturated rings. The molecule has 0 radical (unpaired) electrons. The lowest BCUT2D eigenvalue weighted by molar-refractivity contribution is -0.111. The van der Waals surface area contributed by atoms with E-state index in [9.17, 15) is 17.6 Å². The van der Waals surface area contributed by atoms with E-state index in [1.807, 2.05) is 0 Å². The van der Waals surface area contributed by atoms with Gasteiger partial charge in [0.2, 0.25) is 15.9 Å². The molecule has 0 unspecified atom stereocenters. The summed E-state index contributed by atoms with van der Waals surface area (Å²) in [7, 11) is -0.0187. The molecule has 0 atom stereocenters. The minimum atomic E-state index is -3.63. The predicted molar refractivity (Wildman–Crippen MR) is 117 cm³/mol. The molecule has 0 spiro atoms. The minimum Gasteiger partial charge on any atom is -0.376 e. The summed E-state index contributed by atoms with van der Waals surface area (Å²) >= 11 is 0. The lowest BCUT2D eigenvalue weighted by Gasteiger charge is -2.26. The van der Waals surface area contributed by atoms with Crippen molar-refractivity contribution in [1.29, 1.82) is 0 Å². The number of anilines is 2. The first-order valence-electron chi connectivity index (χ1n) is 9.84. The van der Waals surface area contributed by atoms with Gasteiger partial charge in [-0.15, -0.1) is 0 Å². The van der Waals surface area contributed by atoms with Crippen LogP contribution >= 0.6 is 0 Å². The molecular weight excluding hydrogens is 405 g/mol. The van der Waals surface area contributed by atoms with Crippen molar-refractivity contribution in [3.63, 3.8) is 0 Å². The van der Waals surface area contributed by atoms with Crippen LogP contribution in [0.15, 0.2) is 53.4 Å². The second-order valence-corrected chi connectivity index (χ2v) is 9.32. The molecule has 2 aromatic carbocycles. The molecule has 0 saturated carbocycles. The number of carbonyl (C=O) groups excluding carboxylic acids is 1. The summed E-state index contributed by atoms with van der Waals surface area (Å²) in [6.07, 6.45) is 5.33. The van der Waals surface area contributed by atoms with Gasteiger partial charge in [0.15, 0.2) is 0 Å². The van der Waals surface area contributed by atoms with Crippen molar-refractivity contribution in [3.8, 4) is 0 Å². The van der Waals surface area contributed by atoms with Gasteiger partial charge in [-0.3, -0.25) is 4.79 Å². The van der Waals surface area contributed by atoms with Crippen molar-refractivity contribution in [3.05, 3.63) is 59.9 Å². The Hall–Kier alpha value is -2.71. The number of benzene rings is 2. The van der Waals surface area contributed by atoms with Crippen molar-refractivity contribution in [2.75, 3.05) is 37.4 Å². The van der Waals surface area contributed by atoms with E-state index in [1.54, 1.807) is 49.3 Å². The van der Waals surface area contributed by atoms with Crippen LogP contribution in [0.1, 0.15) is 24.8 Å². The Kier molecular flexibility index (Phi) is 6.89. The molecule has 160 valence electrons. The van der Waals surface area contributed by atoms with Crippen molar-refractivity contribution in [2.24, 2.45) is 0 Å². The van der Waals surface area contributed by atoms with Gasteiger partial charge in [-0.2, -0.15) is 4.31 Å². The van der Waals surface area contributed by atoms with Gasteiger partial charge in [-0.05, 0) is 43.2 Å². The summed E-state index contributed by atoms with van der Waals surface area (Å²) in [5, 5.41) is 2.72. The fourth-order valence-electron chi connectivity index (χ4n) is 3.37. The molecule has 0 aliphatic carbocycles. The third-order valence-electron chi connectivity index (χ3n) is 4.98. The minimum absolute atomic E-state index is 0.142. The van der Waals surface area contributed by atoms with E-state index in [0.29, 0.717) is 30.0 Å². The first kappa shape index (κ1) is 22.0. The molecule has 1 N–H and O–H groups in total. The molecule has 1 aliphatic heterocycles. The van der Waals surface area contributed by atoms with Gasteiger partial charge in [0.1, 0.15) is 5.82 Å². The maximum absolute atomic E-state index is 13.7. The molecule has 3 rings (SSSR count). The van der Waals surface area contributed by atoms with Crippen molar-refractivity contribution >= 4 is 33.4 Å². The number of hydrogen-bond donors (Lipinski definition) is 1. The van der Waals surface area contributed by atoms with E-state index >= 15 is 0 Å². The van der Waals surface area contributed by atoms with Crippen LogP contribution < -0.4 is 10.2 Å². The number of hydrogen-bond acceptors (Lipinski definition) is 4. The number of piperidine rings is 1. The molecule has 1 heterocycles. The van der Waals surface area contributed by atoms with Crippen LogP contribution in [0, 0.1) is 5.82 Å². The average molecular weight is 432 g/mol. The maximum atomic E-state index is 13.7. The Morgan fingerprint density at radius 2 is 1.80 bits per heavy atom. The summed E-state index contributed by atoms with van der Waals surface area (Å²) in [5.41, 5.74) is 1.34. The molecule has 30 heavy (non-hydrogen) atoms. The van der Waals surface area contributed by atoms with Crippen molar-refractivity contribution in [2.45, 2.75) is 24.2 Å². The first-order chi connectivity index (χ1) is 14.3. The van der Waals surface area contributed by atoms with Crippen molar-refractivity contribution < 1.29 is 17.6 Å². The topological polar surface area (TPSA) is 69.7 Å². The molecule has 0 bridgehead atoms. The molecule has 6 nitrogen and oxygen atoms in total. The average Bonchev–Trinajstić information content (AvgIpc) is 2.73. The fourth-order valence-corrected chi connectivity index (χ4v) is 4.91. The first-order valence-corrected chi connectivity index (χ1v) is 11.3. The summed E-state index contributed by atoms with van der Waals surface area (Å²) in [4.78, 5) is 14.4. The molecular formula is C22H26FN3O3S. The van der Waals surface area contributed by atoms with E-state index in [-0.39, 0.29) is 4.90 Å². The zero-order valence-electron chi connectivity index (χ0n) is 17.1. The number of carbonyl (C=O) groups is 1. The van der Waals surface area contributed by atoms with Crippen LogP contribution in [-0.4, -0.2) is 45.8 Å². The zero-order valence-corrected chi connectivity index (χ0v) is 18.0. The van der Waals surface area contributed by atoms with Crippen LogP contribution in [0.3, 0.4) is 0 Å². The number of nitrogens with zero attached hydrogens (tertiary/aromatic N) is 2. The van der Waals surface area contributed by atoms with Crippen LogP contribution in [0.25, 0.3) is 6.08 Å². The lowest BCUT2D eigenvalue weighted by atomic mass is 10.2. The van der Waals surface area contributed by atoms with E-state index < -0.39 is 21.7 Å². The van der Waals surface area contributed by atoms with Crippen LogP contribution in [-0.2, 0) is 14.8 Å². The molecule has 2 aromatic rings. The Balaban J connectivity index is 1.86. The molecule has 1 aliphatic rings. The zero-order chi connectivity index (χ0) is 21.7. The van der Waals surface area contributed by atoms with Gasteiger partial charge in [-0.1, -0.05) is 24.6 Å². The van der Waals surface area contributed by atoms with E-state index in [1.165, 1.54) is 28.6 Å². The Bertz CT molecular complexity index is 1050. The van der Waals surface area contributed by atoms with E-state index in [0.717, 1.165) is 19.3 Å². The van der Waals surface area contributed by atoms with E-state index in [4.69, 9.17) is 0 Å². The third-order valence-corrected chi connectivity index (χ3v) is 6.87. The quantitative estimate of drug-likeness (QED) is 0.708. The largest absolute Gasteiger partial charge is 0.376 e. The molecule has 1 saturated heterocycles. The number of halogens is 1. The van der Waals surface area contributed by atoms with Gasteiger partial charge in [0.25, 0.3) is 0 Å². The highest BCUT2D eigenvalue weighted by atomic mass is 32.2. The highest BCUT2D eigenvalue weighted by Gasteiger charge is 2.26. The van der Waals surface area contributed by atoms with Gasteiger partial charge in [-0.25, -0.2) is 12.8 Å². The maximum Gasteiger partial charge on any atom is 0.248 e. The van der Waals surface area contributed by atoms with Gasteiger partial charge in [0.05, 0.1) is 16.3 Å². The number of amides is 1. The fraction of sp³-hybridized carbons (Fsp3) is 0.318. The van der Waals surface area contributed by atoms with Crippen LogP contribution in [0.4, 0.5) is 15.8 Å². The van der Waals surface area contributed by atoms with Gasteiger partial charge >= 0.3 is 0 Å². The van der Waals surface area contributed by atoms with Crippen molar-refractivity contribution in [1.82, 2.24) is 4.31 Å². The summed E-state index contributed by atoms with van der Waals surface area (Å²) in [5.74, 6) is -0.904. The lowest BCUT2D eigenvalue weighted by Crippen LogP contribution is -2.35. The number of nitrogens with one attached hydrogen (secondary N) is 1. The molecule has 8 heteroatoms. The summed E-state index contributed by atoms with van der Waals surface area (Å²) < 4.78 is 41.2. The SMILES string of the molecule is CN(C)c1ccc(S(=O)(=O)N2CCCCC2)cc1NC(=O)/C=C/c1ccccc1F. The Morgan fingerprint density at radius 3 is 2.47 bits per heavy atom. The summed E-state index contributed by atoms with van der Waals surface area (Å²) in [6.45, 7) is 1.01. The Morgan fingerprint density at radius 1 is 1.10 bits per heavy atom. The van der Waals surface area contributed by atoms with Gasteiger partial charge < -0.3 is 10.2 Å². The van der Waals surface area contributed by atoms with Crippen LogP contribution in [0.2, 0.25) is 0 Å². The van der Waals surface area contributed by atoms with Gasteiger partial charge in [0, 0.05) is 38.8 Å². The second kappa shape index (κ2) is 9.40. The standard InChI is InChI=1S/C22H26FN3O3S/c1-25(2)21-12-11-18(30(28,29)26-14-6-3-7-15-26)16-20(21)24-22(27)13-10-17-8-4-5-9-19(17)23/h4-5,8-13,16H,3,6-7,14-15H2,1-2H3,(H,24,27)/b13-10+. The molecule has 0 aromatic heterocycles. The smallest absolute Gasteiger partial charge is 0.248 e. The highest BCUT2D eigenvalue weighted by Crippen LogP contribution is 2.30. The third kappa shape index (κ3) is 5.06. The van der Waals surface area contributed by atoms with E-state index in [2.05, 4.69) is 5.32 Å². The molecule has 1 amide bonds. The monoisotopic (exact) mass is 431 g/mol. The number of sulfonamides is 1. The Labute approximate surface area is 177 Å². The normalized spacial score (nSPS) is 15.3.